The van der Waals surface area contributed by atoms with Gasteiger partial charge in [0.15, 0.2) is 0 Å². The smallest absolute Gasteiger partial charge is 0.316 e. The van der Waals surface area contributed by atoms with Gasteiger partial charge in [0.05, 0.1) is 22.6 Å². The lowest BCUT2D eigenvalue weighted by atomic mass is 9.78. The lowest BCUT2D eigenvalue weighted by Gasteiger charge is -2.38. The normalized spacial score (nSPS) is 22.8. The van der Waals surface area contributed by atoms with Crippen molar-refractivity contribution in [3.05, 3.63) is 65.2 Å². The molecular formula is C28H32FNO4. The number of carbonyl (C=O) groups is 2. The Morgan fingerprint density at radius 2 is 1.68 bits per heavy atom. The summed E-state index contributed by atoms with van der Waals surface area (Å²) in [6, 6.07) is 12.0. The minimum absolute atomic E-state index is 0.120. The first-order valence-electron chi connectivity index (χ1n) is 11.7. The Labute approximate surface area is 200 Å². The highest BCUT2D eigenvalue weighted by molar-refractivity contribution is 6.24. The molecule has 1 aliphatic carbocycles. The minimum Gasteiger partial charge on any atom is -0.427 e. The zero-order valence-corrected chi connectivity index (χ0v) is 20.5. The molecule has 1 aliphatic heterocycles. The van der Waals surface area contributed by atoms with Gasteiger partial charge in [0, 0.05) is 7.11 Å². The maximum absolute atomic E-state index is 13.4. The predicted molar refractivity (Wildman–Crippen MR) is 129 cm³/mol. The summed E-state index contributed by atoms with van der Waals surface area (Å²) in [5.74, 6) is -0.519. The van der Waals surface area contributed by atoms with Gasteiger partial charge in [-0.2, -0.15) is 0 Å². The van der Waals surface area contributed by atoms with E-state index in [1.165, 1.54) is 12.1 Å². The van der Waals surface area contributed by atoms with E-state index in [0.717, 1.165) is 29.5 Å². The van der Waals surface area contributed by atoms with E-state index in [1.54, 1.807) is 40.0 Å². The third-order valence-corrected chi connectivity index (χ3v) is 6.85. The third-order valence-electron chi connectivity index (χ3n) is 6.85. The number of aryl methyl sites for hydroxylation is 1. The monoisotopic (exact) mass is 465 g/mol. The summed E-state index contributed by atoms with van der Waals surface area (Å²) in [4.78, 5) is 26.4. The fourth-order valence-corrected chi connectivity index (χ4v) is 4.70. The molecule has 0 aromatic heterocycles. The first-order chi connectivity index (χ1) is 16.0. The minimum atomic E-state index is -0.735. The molecule has 0 saturated heterocycles. The number of nitrogens with one attached hydrogen (secondary N) is 1. The maximum Gasteiger partial charge on any atom is 0.316 e. The molecule has 0 atom stereocenters. The molecule has 34 heavy (non-hydrogen) atoms. The van der Waals surface area contributed by atoms with Crippen molar-refractivity contribution in [1.29, 1.82) is 0 Å². The van der Waals surface area contributed by atoms with Gasteiger partial charge >= 0.3 is 5.97 Å². The second-order valence-corrected chi connectivity index (χ2v) is 10.4. The number of halogens is 1. The zero-order valence-electron chi connectivity index (χ0n) is 20.5. The van der Waals surface area contributed by atoms with Crippen molar-refractivity contribution in [2.45, 2.75) is 65.0 Å². The number of hydrogen-bond acceptors (Lipinski definition) is 4. The van der Waals surface area contributed by atoms with E-state index in [2.05, 4.69) is 5.32 Å². The van der Waals surface area contributed by atoms with Crippen molar-refractivity contribution in [3.63, 3.8) is 0 Å². The van der Waals surface area contributed by atoms with Crippen molar-refractivity contribution >= 4 is 17.4 Å². The number of ether oxygens (including phenoxy) is 2. The van der Waals surface area contributed by atoms with Gasteiger partial charge in [-0.15, -0.1) is 0 Å². The molecule has 4 rings (SSSR count). The lowest BCUT2D eigenvalue weighted by Crippen LogP contribution is -2.49. The van der Waals surface area contributed by atoms with E-state index < -0.39 is 11.0 Å². The van der Waals surface area contributed by atoms with E-state index in [0.29, 0.717) is 29.7 Å². The van der Waals surface area contributed by atoms with Gasteiger partial charge in [-0.25, -0.2) is 4.39 Å². The molecule has 0 unspecified atom stereocenters. The average molecular weight is 466 g/mol. The number of rotatable bonds is 4. The van der Waals surface area contributed by atoms with Gasteiger partial charge in [0.1, 0.15) is 11.6 Å². The predicted octanol–water partition coefficient (Wildman–Crippen LogP) is 5.56. The van der Waals surface area contributed by atoms with Crippen molar-refractivity contribution in [2.75, 3.05) is 7.11 Å². The van der Waals surface area contributed by atoms with E-state index in [-0.39, 0.29) is 23.8 Å². The highest BCUT2D eigenvalue weighted by atomic mass is 19.1. The van der Waals surface area contributed by atoms with E-state index in [1.807, 2.05) is 25.1 Å². The van der Waals surface area contributed by atoms with Gasteiger partial charge in [0.25, 0.3) is 5.91 Å². The number of benzene rings is 2. The Hall–Kier alpha value is -2.99. The summed E-state index contributed by atoms with van der Waals surface area (Å²) in [5.41, 5.74) is 2.23. The van der Waals surface area contributed by atoms with Crippen LogP contribution in [0.3, 0.4) is 0 Å². The Bertz CT molecular complexity index is 1140. The second kappa shape index (κ2) is 8.99. The topological polar surface area (TPSA) is 64.6 Å². The van der Waals surface area contributed by atoms with Crippen LogP contribution in [-0.2, 0) is 19.1 Å². The molecule has 5 nitrogen and oxygen atoms in total. The number of esters is 1. The van der Waals surface area contributed by atoms with Crippen LogP contribution in [0.25, 0.3) is 16.7 Å². The summed E-state index contributed by atoms with van der Waals surface area (Å²) in [6.07, 6.45) is 2.90. The molecule has 0 radical (unpaired) electrons. The third kappa shape index (κ3) is 4.51. The summed E-state index contributed by atoms with van der Waals surface area (Å²) in [5, 5.41) is 3.17. The first-order valence-corrected chi connectivity index (χ1v) is 11.7. The molecule has 2 aromatic rings. The molecule has 2 aromatic carbocycles. The Balaban J connectivity index is 1.85. The van der Waals surface area contributed by atoms with Crippen LogP contribution < -0.4 is 5.32 Å². The van der Waals surface area contributed by atoms with Crippen LogP contribution in [0.15, 0.2) is 48.2 Å². The fraction of sp³-hybridized carbons (Fsp3) is 0.429. The highest BCUT2D eigenvalue weighted by Crippen LogP contribution is 2.45. The van der Waals surface area contributed by atoms with Gasteiger partial charge in [-0.05, 0) is 93.8 Å². The molecule has 1 fully saturated rings. The quantitative estimate of drug-likeness (QED) is 0.601. The standard InChI is InChI=1S/C28H32FNO4/c1-17-6-7-19(18-8-10-20(29)11-9-18)16-22(17)23-24(34-26(32)27(2,3)4)28(30-25(23)31)14-12-21(33-5)13-15-28/h6-11,16,21H,12-15H2,1-5H3,(H,30,31). The summed E-state index contributed by atoms with van der Waals surface area (Å²) < 4.78 is 25.0. The maximum atomic E-state index is 13.4. The van der Waals surface area contributed by atoms with Gasteiger partial charge < -0.3 is 14.8 Å². The molecule has 1 heterocycles. The molecule has 1 spiro atoms. The van der Waals surface area contributed by atoms with Crippen LogP contribution >= 0.6 is 0 Å². The molecule has 1 amide bonds. The van der Waals surface area contributed by atoms with E-state index in [9.17, 15) is 14.0 Å². The molecule has 180 valence electrons. The summed E-state index contributed by atoms with van der Waals surface area (Å²) in [7, 11) is 1.70. The van der Waals surface area contributed by atoms with Crippen LogP contribution in [0, 0.1) is 18.2 Å². The second-order valence-electron chi connectivity index (χ2n) is 10.4. The van der Waals surface area contributed by atoms with Crippen LogP contribution in [0.4, 0.5) is 4.39 Å². The van der Waals surface area contributed by atoms with Gasteiger partial charge in [-0.3, -0.25) is 9.59 Å². The van der Waals surface area contributed by atoms with E-state index >= 15 is 0 Å². The van der Waals surface area contributed by atoms with Gasteiger partial charge in [0.2, 0.25) is 0 Å². The Kier molecular flexibility index (Phi) is 6.38. The number of amides is 1. The molecular weight excluding hydrogens is 433 g/mol. The number of methoxy groups -OCH3 is 1. The van der Waals surface area contributed by atoms with Crippen molar-refractivity contribution < 1.29 is 23.5 Å². The zero-order chi connectivity index (χ0) is 24.7. The first kappa shape index (κ1) is 24.1. The summed E-state index contributed by atoms with van der Waals surface area (Å²) in [6.45, 7) is 7.33. The Morgan fingerprint density at radius 3 is 2.26 bits per heavy atom. The van der Waals surface area contributed by atoms with Crippen LogP contribution in [0.2, 0.25) is 0 Å². The average Bonchev–Trinajstić information content (AvgIpc) is 3.05. The van der Waals surface area contributed by atoms with Gasteiger partial charge in [-0.1, -0.05) is 24.3 Å². The summed E-state index contributed by atoms with van der Waals surface area (Å²) >= 11 is 0. The van der Waals surface area contributed by atoms with Crippen molar-refractivity contribution in [3.8, 4) is 11.1 Å². The van der Waals surface area contributed by atoms with Crippen LogP contribution in [-0.4, -0.2) is 30.6 Å². The van der Waals surface area contributed by atoms with Crippen LogP contribution in [0.5, 0.6) is 0 Å². The Morgan fingerprint density at radius 1 is 1.06 bits per heavy atom. The lowest BCUT2D eigenvalue weighted by molar-refractivity contribution is -0.150. The molecule has 1 saturated carbocycles. The molecule has 2 aliphatic rings. The largest absolute Gasteiger partial charge is 0.427 e. The van der Waals surface area contributed by atoms with Crippen molar-refractivity contribution in [2.24, 2.45) is 5.41 Å². The number of carbonyl (C=O) groups excluding carboxylic acids is 2. The fourth-order valence-electron chi connectivity index (χ4n) is 4.70. The SMILES string of the molecule is COC1CCC2(CC1)NC(=O)C(c1cc(-c3ccc(F)cc3)ccc1C)=C2OC(=O)C(C)(C)C. The van der Waals surface area contributed by atoms with Crippen molar-refractivity contribution in [1.82, 2.24) is 5.32 Å². The number of hydrogen-bond donors (Lipinski definition) is 1. The van der Waals surface area contributed by atoms with E-state index in [4.69, 9.17) is 9.47 Å². The molecule has 0 bridgehead atoms. The molecule has 6 heteroatoms. The highest BCUT2D eigenvalue weighted by Gasteiger charge is 2.50. The van der Waals surface area contributed by atoms with Crippen LogP contribution in [0.1, 0.15) is 57.6 Å². The molecule has 1 N–H and O–H groups in total.